The van der Waals surface area contributed by atoms with Gasteiger partial charge in [0, 0.05) is 9.58 Å². The largest absolute Gasteiger partial charge is 0.377 e. The smallest absolute Gasteiger partial charge is 0.124 e. The fraction of sp³-hybridized carbons (Fsp3) is 0.385. The van der Waals surface area contributed by atoms with Crippen LogP contribution < -0.4 is 11.3 Å². The first-order valence-electron chi connectivity index (χ1n) is 5.87. The van der Waals surface area contributed by atoms with E-state index in [1.54, 1.807) is 12.1 Å². The minimum Gasteiger partial charge on any atom is -0.377 e. The third kappa shape index (κ3) is 3.05. The Hall–Kier alpha value is -1.01. The van der Waals surface area contributed by atoms with E-state index < -0.39 is 0 Å². The predicted molar refractivity (Wildman–Crippen MR) is 72.9 cm³/mol. The number of fused-ring (bicyclic) bond motifs is 1. The summed E-state index contributed by atoms with van der Waals surface area (Å²) in [6.45, 7) is 4.46. The van der Waals surface area contributed by atoms with Gasteiger partial charge in [0.2, 0.25) is 0 Å². The zero-order valence-electron chi connectivity index (χ0n) is 10.4. The second kappa shape index (κ2) is 5.75. The van der Waals surface area contributed by atoms with Gasteiger partial charge in [-0.05, 0) is 37.4 Å². The maximum absolute atomic E-state index is 13.1. The summed E-state index contributed by atoms with van der Waals surface area (Å²) in [6, 6.07) is 6.75. The van der Waals surface area contributed by atoms with Crippen molar-refractivity contribution in [2.24, 2.45) is 5.84 Å². The molecule has 0 amide bonds. The summed E-state index contributed by atoms with van der Waals surface area (Å²) in [4.78, 5) is 1.05. The summed E-state index contributed by atoms with van der Waals surface area (Å²) < 4.78 is 19.6. The van der Waals surface area contributed by atoms with Gasteiger partial charge >= 0.3 is 0 Å². The molecule has 0 radical (unpaired) electrons. The van der Waals surface area contributed by atoms with E-state index >= 15 is 0 Å². The molecule has 0 spiro atoms. The summed E-state index contributed by atoms with van der Waals surface area (Å²) in [7, 11) is 0. The van der Waals surface area contributed by atoms with E-state index in [1.165, 1.54) is 17.4 Å². The average molecular weight is 268 g/mol. The van der Waals surface area contributed by atoms with Crippen molar-refractivity contribution in [1.29, 1.82) is 0 Å². The Labute approximate surface area is 110 Å². The van der Waals surface area contributed by atoms with E-state index in [-0.39, 0.29) is 18.0 Å². The van der Waals surface area contributed by atoms with Crippen LogP contribution in [0.15, 0.2) is 24.3 Å². The predicted octanol–water partition coefficient (Wildman–Crippen LogP) is 2.97. The summed E-state index contributed by atoms with van der Waals surface area (Å²) in [5.74, 6) is 5.33. The van der Waals surface area contributed by atoms with Gasteiger partial charge < -0.3 is 4.74 Å². The van der Waals surface area contributed by atoms with Crippen molar-refractivity contribution in [3.63, 3.8) is 0 Å². The lowest BCUT2D eigenvalue weighted by Gasteiger charge is -2.16. The fourth-order valence-corrected chi connectivity index (χ4v) is 2.83. The standard InChI is InChI=1S/C13H17FN2OS/c1-8(2)17-7-11(16-15)13-5-9-3-4-10(14)6-12(9)18-13/h3-6,8,11,16H,7,15H2,1-2H3. The second-order valence-electron chi connectivity index (χ2n) is 4.43. The molecule has 18 heavy (non-hydrogen) atoms. The summed E-state index contributed by atoms with van der Waals surface area (Å²) >= 11 is 1.53. The molecular weight excluding hydrogens is 251 g/mol. The third-order valence-corrected chi connectivity index (χ3v) is 3.85. The van der Waals surface area contributed by atoms with Gasteiger partial charge in [-0.15, -0.1) is 11.3 Å². The van der Waals surface area contributed by atoms with E-state index in [1.807, 2.05) is 19.9 Å². The molecule has 5 heteroatoms. The molecule has 2 aromatic rings. The Kier molecular flexibility index (Phi) is 4.29. The van der Waals surface area contributed by atoms with Crippen LogP contribution in [0.1, 0.15) is 24.8 Å². The fourth-order valence-electron chi connectivity index (χ4n) is 1.70. The number of hydrogen-bond acceptors (Lipinski definition) is 4. The number of halogens is 1. The van der Waals surface area contributed by atoms with Crippen LogP contribution in [0.25, 0.3) is 10.1 Å². The molecule has 0 saturated carbocycles. The SMILES string of the molecule is CC(C)OCC(NN)c1cc2ccc(F)cc2s1. The molecule has 2 rings (SSSR count). The number of benzene rings is 1. The van der Waals surface area contributed by atoms with Crippen molar-refractivity contribution < 1.29 is 9.13 Å². The summed E-state index contributed by atoms with van der Waals surface area (Å²) in [6.07, 6.45) is 0.160. The number of nitrogens with one attached hydrogen (secondary N) is 1. The molecule has 3 nitrogen and oxygen atoms in total. The van der Waals surface area contributed by atoms with Gasteiger partial charge in [-0.3, -0.25) is 5.84 Å². The molecule has 3 N–H and O–H groups in total. The van der Waals surface area contributed by atoms with Crippen LogP contribution in [-0.4, -0.2) is 12.7 Å². The molecule has 0 fully saturated rings. The normalized spacial score (nSPS) is 13.4. The number of ether oxygens (including phenoxy) is 1. The number of hydrazine groups is 1. The molecular formula is C13H17FN2OS. The highest BCUT2D eigenvalue weighted by molar-refractivity contribution is 7.19. The van der Waals surface area contributed by atoms with E-state index in [9.17, 15) is 4.39 Å². The average Bonchev–Trinajstić information content (AvgIpc) is 2.72. The van der Waals surface area contributed by atoms with Crippen molar-refractivity contribution >= 4 is 21.4 Å². The van der Waals surface area contributed by atoms with Crippen LogP contribution >= 0.6 is 11.3 Å². The maximum Gasteiger partial charge on any atom is 0.124 e. The molecule has 0 saturated heterocycles. The lowest BCUT2D eigenvalue weighted by molar-refractivity contribution is 0.0618. The highest BCUT2D eigenvalue weighted by Crippen LogP contribution is 2.30. The van der Waals surface area contributed by atoms with E-state index in [4.69, 9.17) is 10.6 Å². The van der Waals surface area contributed by atoms with Gasteiger partial charge in [0.1, 0.15) is 5.82 Å². The molecule has 98 valence electrons. The Morgan fingerprint density at radius 3 is 2.83 bits per heavy atom. The van der Waals surface area contributed by atoms with Crippen LogP contribution in [0.4, 0.5) is 4.39 Å². The number of nitrogens with two attached hydrogens (primary N) is 1. The Morgan fingerprint density at radius 1 is 1.39 bits per heavy atom. The quantitative estimate of drug-likeness (QED) is 0.647. The zero-order valence-corrected chi connectivity index (χ0v) is 11.3. The van der Waals surface area contributed by atoms with E-state index in [0.717, 1.165) is 15.0 Å². The van der Waals surface area contributed by atoms with Crippen molar-refractivity contribution in [2.75, 3.05) is 6.61 Å². The Morgan fingerprint density at radius 2 is 2.17 bits per heavy atom. The summed E-state index contributed by atoms with van der Waals surface area (Å²) in [5, 5.41) is 1.03. The monoisotopic (exact) mass is 268 g/mol. The molecule has 0 bridgehead atoms. The van der Waals surface area contributed by atoms with Crippen LogP contribution in [0, 0.1) is 5.82 Å². The van der Waals surface area contributed by atoms with Crippen molar-refractivity contribution in [3.8, 4) is 0 Å². The van der Waals surface area contributed by atoms with Crippen molar-refractivity contribution in [2.45, 2.75) is 26.0 Å². The first-order chi connectivity index (χ1) is 8.60. The van der Waals surface area contributed by atoms with Gasteiger partial charge in [-0.25, -0.2) is 9.82 Å². The summed E-state index contributed by atoms with van der Waals surface area (Å²) in [5.41, 5.74) is 2.74. The van der Waals surface area contributed by atoms with Crippen LogP contribution in [-0.2, 0) is 4.74 Å². The zero-order chi connectivity index (χ0) is 13.1. The van der Waals surface area contributed by atoms with Gasteiger partial charge in [0.05, 0.1) is 18.8 Å². The van der Waals surface area contributed by atoms with Gasteiger partial charge in [-0.1, -0.05) is 6.07 Å². The maximum atomic E-state index is 13.1. The van der Waals surface area contributed by atoms with Crippen LogP contribution in [0.5, 0.6) is 0 Å². The highest BCUT2D eigenvalue weighted by Gasteiger charge is 2.14. The molecule has 1 aromatic heterocycles. The van der Waals surface area contributed by atoms with E-state index in [0.29, 0.717) is 6.61 Å². The molecule has 0 aliphatic rings. The van der Waals surface area contributed by atoms with Crippen molar-refractivity contribution in [3.05, 3.63) is 35.0 Å². The second-order valence-corrected chi connectivity index (χ2v) is 5.55. The van der Waals surface area contributed by atoms with Gasteiger partial charge in [0.15, 0.2) is 0 Å². The third-order valence-electron chi connectivity index (χ3n) is 2.64. The molecule has 1 unspecified atom stereocenters. The van der Waals surface area contributed by atoms with Crippen LogP contribution in [0.2, 0.25) is 0 Å². The lowest BCUT2D eigenvalue weighted by Crippen LogP contribution is -2.31. The molecule has 1 aromatic carbocycles. The first kappa shape index (κ1) is 13.4. The molecule has 1 atom stereocenters. The Balaban J connectivity index is 2.22. The van der Waals surface area contributed by atoms with Gasteiger partial charge in [-0.2, -0.15) is 0 Å². The van der Waals surface area contributed by atoms with Gasteiger partial charge in [0.25, 0.3) is 0 Å². The Bertz CT molecular complexity index is 527. The minimum absolute atomic E-state index is 0.0622. The minimum atomic E-state index is -0.216. The topological polar surface area (TPSA) is 47.3 Å². The number of rotatable bonds is 5. The number of thiophene rings is 1. The lowest BCUT2D eigenvalue weighted by atomic mass is 10.2. The first-order valence-corrected chi connectivity index (χ1v) is 6.68. The van der Waals surface area contributed by atoms with Crippen LogP contribution in [0.3, 0.4) is 0 Å². The molecule has 0 aliphatic heterocycles. The highest BCUT2D eigenvalue weighted by atomic mass is 32.1. The van der Waals surface area contributed by atoms with E-state index in [2.05, 4.69) is 5.43 Å². The molecule has 1 heterocycles. The van der Waals surface area contributed by atoms with Crippen molar-refractivity contribution in [1.82, 2.24) is 5.43 Å². The molecule has 0 aliphatic carbocycles. The number of hydrogen-bond donors (Lipinski definition) is 2.